The van der Waals surface area contributed by atoms with Gasteiger partial charge < -0.3 is 10.3 Å². The lowest BCUT2D eigenvalue weighted by molar-refractivity contribution is -0.110. The Morgan fingerprint density at radius 2 is 1.91 bits per heavy atom. The monoisotopic (exact) mass is 520 g/mol. The van der Waals surface area contributed by atoms with E-state index in [0.717, 1.165) is 21.3 Å². The number of hydrogen-bond acceptors (Lipinski definition) is 5. The van der Waals surface area contributed by atoms with Gasteiger partial charge in [0.25, 0.3) is 11.8 Å². The lowest BCUT2D eigenvalue weighted by Crippen LogP contribution is -2.13. The summed E-state index contributed by atoms with van der Waals surface area (Å²) in [5, 5.41) is 12.9. The standard InChI is InChI=1S/C23H17BrN6O2S/c24-14-7-5-13(6-8-14)12-33-23-28-22(29-30-23)27-21(32)19-10-9-15(25-19)11-17-16-3-1-2-4-18(16)26-20(17)31/h1-11,25H,12H2,(H,26,31)(H2,27,28,29,30,32)/b17-11-. The zero-order valence-electron chi connectivity index (χ0n) is 17.1. The molecular formula is C23H17BrN6O2S. The molecule has 0 unspecified atom stereocenters. The first-order valence-electron chi connectivity index (χ1n) is 9.97. The normalized spacial score (nSPS) is 13.7. The summed E-state index contributed by atoms with van der Waals surface area (Å²) in [7, 11) is 0. The van der Waals surface area contributed by atoms with Crippen LogP contribution in [0.3, 0.4) is 0 Å². The van der Waals surface area contributed by atoms with E-state index in [0.29, 0.717) is 27.9 Å². The zero-order chi connectivity index (χ0) is 22.8. The molecule has 1 aliphatic rings. The van der Waals surface area contributed by atoms with Gasteiger partial charge in [0.2, 0.25) is 11.1 Å². The number of hydrogen-bond donors (Lipinski definition) is 4. The largest absolute Gasteiger partial charge is 0.351 e. The molecule has 10 heteroatoms. The van der Waals surface area contributed by atoms with E-state index >= 15 is 0 Å². The van der Waals surface area contributed by atoms with Gasteiger partial charge in [0.1, 0.15) is 5.69 Å². The number of anilines is 2. The smallest absolute Gasteiger partial charge is 0.274 e. The number of carbonyl (C=O) groups excluding carboxylic acids is 2. The Morgan fingerprint density at radius 1 is 1.09 bits per heavy atom. The lowest BCUT2D eigenvalue weighted by atomic mass is 10.1. The summed E-state index contributed by atoms with van der Waals surface area (Å²) in [5.41, 5.74) is 4.28. The molecule has 1 aliphatic heterocycles. The molecule has 0 spiro atoms. The van der Waals surface area contributed by atoms with Gasteiger partial charge in [0.05, 0.1) is 5.57 Å². The first-order valence-corrected chi connectivity index (χ1v) is 11.8. The van der Waals surface area contributed by atoms with Crippen molar-refractivity contribution in [2.24, 2.45) is 0 Å². The number of halogens is 1. The number of aromatic amines is 2. The number of amides is 2. The molecule has 2 amide bonds. The maximum Gasteiger partial charge on any atom is 0.274 e. The SMILES string of the molecule is O=C1Nc2ccccc2/C1=C/c1ccc(C(=O)Nc2nc(SCc3ccc(Br)cc3)n[nH]2)[nH]1. The van der Waals surface area contributed by atoms with Gasteiger partial charge in [-0.3, -0.25) is 14.9 Å². The van der Waals surface area contributed by atoms with E-state index in [9.17, 15) is 9.59 Å². The van der Waals surface area contributed by atoms with E-state index in [1.807, 2.05) is 48.5 Å². The van der Waals surface area contributed by atoms with E-state index < -0.39 is 0 Å². The van der Waals surface area contributed by atoms with Gasteiger partial charge in [-0.15, -0.1) is 5.10 Å². The van der Waals surface area contributed by atoms with Crippen molar-refractivity contribution in [3.8, 4) is 0 Å². The molecular weight excluding hydrogens is 504 g/mol. The molecule has 0 radical (unpaired) electrons. The molecule has 2 aromatic heterocycles. The minimum Gasteiger partial charge on any atom is -0.351 e. The minimum absolute atomic E-state index is 0.174. The Morgan fingerprint density at radius 3 is 2.76 bits per heavy atom. The van der Waals surface area contributed by atoms with Crippen molar-refractivity contribution < 1.29 is 9.59 Å². The van der Waals surface area contributed by atoms with E-state index in [2.05, 4.69) is 46.7 Å². The Kier molecular flexibility index (Phi) is 5.84. The summed E-state index contributed by atoms with van der Waals surface area (Å²) in [6.45, 7) is 0. The molecule has 164 valence electrons. The van der Waals surface area contributed by atoms with E-state index in [-0.39, 0.29) is 17.8 Å². The van der Waals surface area contributed by atoms with Gasteiger partial charge in [-0.1, -0.05) is 58.0 Å². The Bertz CT molecular complexity index is 1380. The van der Waals surface area contributed by atoms with Crippen LogP contribution in [0, 0.1) is 0 Å². The van der Waals surface area contributed by atoms with Crippen LogP contribution in [0.1, 0.15) is 27.3 Å². The maximum atomic E-state index is 12.6. The highest BCUT2D eigenvalue weighted by Gasteiger charge is 2.23. The highest BCUT2D eigenvalue weighted by atomic mass is 79.9. The fourth-order valence-electron chi connectivity index (χ4n) is 3.34. The lowest BCUT2D eigenvalue weighted by Gasteiger charge is -1.99. The number of para-hydroxylation sites is 1. The average molecular weight is 521 g/mol. The molecule has 33 heavy (non-hydrogen) atoms. The van der Waals surface area contributed by atoms with Gasteiger partial charge in [-0.25, -0.2) is 5.10 Å². The van der Waals surface area contributed by atoms with Crippen molar-refractivity contribution in [1.82, 2.24) is 20.2 Å². The van der Waals surface area contributed by atoms with Crippen molar-refractivity contribution in [2.45, 2.75) is 10.9 Å². The van der Waals surface area contributed by atoms with Crippen LogP contribution in [-0.4, -0.2) is 32.0 Å². The van der Waals surface area contributed by atoms with E-state index in [4.69, 9.17) is 0 Å². The van der Waals surface area contributed by atoms with Crippen molar-refractivity contribution in [2.75, 3.05) is 10.6 Å². The summed E-state index contributed by atoms with van der Waals surface area (Å²) in [4.78, 5) is 32.2. The molecule has 4 aromatic rings. The summed E-state index contributed by atoms with van der Waals surface area (Å²) < 4.78 is 1.03. The Labute approximate surface area is 201 Å². The highest BCUT2D eigenvalue weighted by Crippen LogP contribution is 2.32. The average Bonchev–Trinajstić information content (AvgIpc) is 3.53. The molecule has 0 saturated carbocycles. The van der Waals surface area contributed by atoms with E-state index in [1.54, 1.807) is 18.2 Å². The van der Waals surface area contributed by atoms with Crippen LogP contribution in [0.25, 0.3) is 11.6 Å². The van der Waals surface area contributed by atoms with Gasteiger partial charge >= 0.3 is 0 Å². The first kappa shape index (κ1) is 21.2. The molecule has 5 rings (SSSR count). The number of nitrogens with one attached hydrogen (secondary N) is 4. The predicted octanol–water partition coefficient (Wildman–Crippen LogP) is 4.93. The molecule has 0 fully saturated rings. The summed E-state index contributed by atoms with van der Waals surface area (Å²) >= 11 is 4.89. The number of thioether (sulfide) groups is 1. The van der Waals surface area contributed by atoms with Crippen LogP contribution in [0.5, 0.6) is 0 Å². The second-order valence-electron chi connectivity index (χ2n) is 7.22. The van der Waals surface area contributed by atoms with Crippen LogP contribution >= 0.6 is 27.7 Å². The molecule has 0 bridgehead atoms. The van der Waals surface area contributed by atoms with Crippen LogP contribution in [0.15, 0.2) is 70.3 Å². The first-order chi connectivity index (χ1) is 16.0. The molecule has 0 atom stereocenters. The summed E-state index contributed by atoms with van der Waals surface area (Å²) in [6, 6.07) is 18.9. The summed E-state index contributed by atoms with van der Waals surface area (Å²) in [6.07, 6.45) is 1.73. The van der Waals surface area contributed by atoms with Crippen LogP contribution < -0.4 is 10.6 Å². The van der Waals surface area contributed by atoms with Crippen molar-refractivity contribution >= 4 is 62.8 Å². The number of nitrogens with zero attached hydrogens (tertiary/aromatic N) is 2. The van der Waals surface area contributed by atoms with Gasteiger partial charge in [-0.05, 0) is 42.0 Å². The Hall–Kier alpha value is -3.63. The zero-order valence-corrected chi connectivity index (χ0v) is 19.5. The number of H-pyrrole nitrogens is 2. The number of fused-ring (bicyclic) bond motifs is 1. The predicted molar refractivity (Wildman–Crippen MR) is 132 cm³/mol. The van der Waals surface area contributed by atoms with Gasteiger partial charge in [0.15, 0.2) is 0 Å². The molecule has 2 aromatic carbocycles. The van der Waals surface area contributed by atoms with Crippen molar-refractivity contribution in [1.29, 1.82) is 0 Å². The number of carbonyl (C=O) groups is 2. The van der Waals surface area contributed by atoms with Gasteiger partial charge in [0, 0.05) is 27.2 Å². The molecule has 3 heterocycles. The molecule has 8 nitrogen and oxygen atoms in total. The maximum absolute atomic E-state index is 12.6. The fraction of sp³-hybridized carbons (Fsp3) is 0.0435. The van der Waals surface area contributed by atoms with Crippen LogP contribution in [0.2, 0.25) is 0 Å². The van der Waals surface area contributed by atoms with Crippen molar-refractivity contribution in [3.63, 3.8) is 0 Å². The molecule has 4 N–H and O–H groups in total. The van der Waals surface area contributed by atoms with E-state index in [1.165, 1.54) is 11.8 Å². The number of benzene rings is 2. The molecule has 0 aliphatic carbocycles. The third-order valence-electron chi connectivity index (χ3n) is 4.94. The Balaban J connectivity index is 1.23. The van der Waals surface area contributed by atoms with Crippen LogP contribution in [-0.2, 0) is 10.5 Å². The number of rotatable bonds is 6. The topological polar surface area (TPSA) is 116 Å². The minimum atomic E-state index is -0.364. The highest BCUT2D eigenvalue weighted by molar-refractivity contribution is 9.10. The third-order valence-corrected chi connectivity index (χ3v) is 6.39. The van der Waals surface area contributed by atoms with Crippen LogP contribution in [0.4, 0.5) is 11.6 Å². The second-order valence-corrected chi connectivity index (χ2v) is 9.08. The fourth-order valence-corrected chi connectivity index (χ4v) is 4.36. The summed E-state index contributed by atoms with van der Waals surface area (Å²) in [5.74, 6) is 0.434. The second kappa shape index (κ2) is 9.08. The quantitative estimate of drug-likeness (QED) is 0.212. The van der Waals surface area contributed by atoms with Crippen molar-refractivity contribution in [3.05, 3.63) is 87.7 Å². The molecule has 0 saturated heterocycles. The van der Waals surface area contributed by atoms with Gasteiger partial charge in [-0.2, -0.15) is 4.98 Å². The number of aromatic nitrogens is 4. The third kappa shape index (κ3) is 4.76.